The van der Waals surface area contributed by atoms with Gasteiger partial charge in [0.25, 0.3) is 0 Å². The number of rotatable bonds is 7. The lowest BCUT2D eigenvalue weighted by Crippen LogP contribution is -2.13. The van der Waals surface area contributed by atoms with Crippen molar-refractivity contribution in [1.82, 2.24) is 9.97 Å². The third kappa shape index (κ3) is 4.53. The molecule has 5 nitrogen and oxygen atoms in total. The van der Waals surface area contributed by atoms with E-state index < -0.39 is 0 Å². The van der Waals surface area contributed by atoms with Gasteiger partial charge in [0, 0.05) is 10.3 Å². The predicted octanol–water partition coefficient (Wildman–Crippen LogP) is 4.33. The van der Waals surface area contributed by atoms with E-state index in [0.717, 1.165) is 26.6 Å². The molecule has 0 aliphatic heterocycles. The standard InChI is InChI=1S/C19H20N2O3S2/c1-12-5-4-6-15(9-12)23-7-8-24-16(22)10-25-18-17-13(2)14(3)26-19(17)21-11-20-18/h4-6,9,11H,7-8,10H2,1-3H3. The maximum atomic E-state index is 12.0. The topological polar surface area (TPSA) is 61.3 Å². The van der Waals surface area contributed by atoms with Crippen LogP contribution in [0.1, 0.15) is 16.0 Å². The second-order valence-corrected chi connectivity index (χ2v) is 7.98. The minimum Gasteiger partial charge on any atom is -0.490 e. The summed E-state index contributed by atoms with van der Waals surface area (Å²) in [6.45, 7) is 6.69. The SMILES string of the molecule is Cc1cccc(OCCOC(=O)CSc2ncnc3sc(C)c(C)c23)c1. The van der Waals surface area contributed by atoms with Crippen LogP contribution in [0.4, 0.5) is 0 Å². The number of carbonyl (C=O) groups excluding carboxylic acids is 1. The van der Waals surface area contributed by atoms with Gasteiger partial charge in [0.1, 0.15) is 35.1 Å². The molecule has 0 atom stereocenters. The highest BCUT2D eigenvalue weighted by Crippen LogP contribution is 2.34. The maximum Gasteiger partial charge on any atom is 0.316 e. The van der Waals surface area contributed by atoms with E-state index in [1.165, 1.54) is 22.2 Å². The molecule has 136 valence electrons. The molecule has 0 bridgehead atoms. The molecule has 3 aromatic rings. The number of hydrogen-bond donors (Lipinski definition) is 0. The van der Waals surface area contributed by atoms with Gasteiger partial charge in [0.15, 0.2) is 0 Å². The van der Waals surface area contributed by atoms with Gasteiger partial charge in [-0.1, -0.05) is 23.9 Å². The van der Waals surface area contributed by atoms with Crippen LogP contribution in [0.3, 0.4) is 0 Å². The molecule has 0 amide bonds. The molecule has 0 N–H and O–H groups in total. The fourth-order valence-electron chi connectivity index (χ4n) is 2.45. The number of benzene rings is 1. The first kappa shape index (κ1) is 18.7. The second kappa shape index (κ2) is 8.51. The summed E-state index contributed by atoms with van der Waals surface area (Å²) < 4.78 is 10.8. The van der Waals surface area contributed by atoms with Crippen molar-refractivity contribution in [3.8, 4) is 5.75 Å². The number of fused-ring (bicyclic) bond motifs is 1. The fraction of sp³-hybridized carbons (Fsp3) is 0.316. The zero-order chi connectivity index (χ0) is 18.5. The first-order chi connectivity index (χ1) is 12.5. The van der Waals surface area contributed by atoms with E-state index in [0.29, 0.717) is 6.61 Å². The molecule has 0 fully saturated rings. The molecule has 0 aliphatic carbocycles. The Kier molecular flexibility index (Phi) is 6.11. The van der Waals surface area contributed by atoms with Crippen molar-refractivity contribution in [3.05, 3.63) is 46.6 Å². The third-order valence-corrected chi connectivity index (χ3v) is 5.94. The van der Waals surface area contributed by atoms with Crippen molar-refractivity contribution in [2.75, 3.05) is 19.0 Å². The van der Waals surface area contributed by atoms with Crippen molar-refractivity contribution in [2.24, 2.45) is 0 Å². The van der Waals surface area contributed by atoms with E-state index >= 15 is 0 Å². The Morgan fingerprint density at radius 2 is 2.04 bits per heavy atom. The first-order valence-electron chi connectivity index (χ1n) is 8.23. The number of thiophene rings is 1. The number of ether oxygens (including phenoxy) is 2. The van der Waals surface area contributed by atoms with E-state index in [-0.39, 0.29) is 18.3 Å². The molecule has 0 unspecified atom stereocenters. The highest BCUT2D eigenvalue weighted by molar-refractivity contribution is 8.00. The molecule has 0 spiro atoms. The number of thioether (sulfide) groups is 1. The van der Waals surface area contributed by atoms with Gasteiger partial charge in [-0.2, -0.15) is 0 Å². The monoisotopic (exact) mass is 388 g/mol. The van der Waals surface area contributed by atoms with Crippen LogP contribution in [-0.2, 0) is 9.53 Å². The van der Waals surface area contributed by atoms with Crippen molar-refractivity contribution >= 4 is 39.3 Å². The Hall–Kier alpha value is -2.12. The Morgan fingerprint density at radius 1 is 1.19 bits per heavy atom. The second-order valence-electron chi connectivity index (χ2n) is 5.82. The normalized spacial score (nSPS) is 10.9. The quantitative estimate of drug-likeness (QED) is 0.260. The Labute approximate surface area is 160 Å². The molecule has 0 radical (unpaired) electrons. The highest BCUT2D eigenvalue weighted by atomic mass is 32.2. The number of nitrogens with zero attached hydrogens (tertiary/aromatic N) is 2. The van der Waals surface area contributed by atoms with E-state index in [9.17, 15) is 4.79 Å². The van der Waals surface area contributed by atoms with Crippen LogP contribution in [0.5, 0.6) is 5.75 Å². The number of esters is 1. The van der Waals surface area contributed by atoms with Crippen LogP contribution >= 0.6 is 23.1 Å². The van der Waals surface area contributed by atoms with E-state index in [4.69, 9.17) is 9.47 Å². The zero-order valence-corrected chi connectivity index (χ0v) is 16.6. The molecule has 1 aromatic carbocycles. The highest BCUT2D eigenvalue weighted by Gasteiger charge is 2.14. The summed E-state index contributed by atoms with van der Waals surface area (Å²) in [5, 5.41) is 1.86. The molecular weight excluding hydrogens is 368 g/mol. The van der Waals surface area contributed by atoms with Gasteiger partial charge in [-0.3, -0.25) is 4.79 Å². The van der Waals surface area contributed by atoms with E-state index in [1.807, 2.05) is 31.2 Å². The van der Waals surface area contributed by atoms with Crippen LogP contribution in [0.15, 0.2) is 35.6 Å². The minimum absolute atomic E-state index is 0.213. The lowest BCUT2D eigenvalue weighted by molar-refractivity contribution is -0.141. The van der Waals surface area contributed by atoms with Crippen molar-refractivity contribution in [2.45, 2.75) is 25.8 Å². The lowest BCUT2D eigenvalue weighted by atomic mass is 10.2. The number of aromatic nitrogens is 2. The van der Waals surface area contributed by atoms with Gasteiger partial charge in [-0.05, 0) is 44.0 Å². The number of carbonyl (C=O) groups is 1. The van der Waals surface area contributed by atoms with Gasteiger partial charge < -0.3 is 9.47 Å². The van der Waals surface area contributed by atoms with Crippen LogP contribution in [-0.4, -0.2) is 34.9 Å². The molecule has 0 saturated carbocycles. The Balaban J connectivity index is 1.47. The summed E-state index contributed by atoms with van der Waals surface area (Å²) in [6.07, 6.45) is 1.54. The molecule has 0 saturated heterocycles. The summed E-state index contributed by atoms with van der Waals surface area (Å²) >= 11 is 3.03. The predicted molar refractivity (Wildman–Crippen MR) is 105 cm³/mol. The van der Waals surface area contributed by atoms with Crippen LogP contribution in [0, 0.1) is 20.8 Å². The minimum atomic E-state index is -0.279. The Morgan fingerprint density at radius 3 is 2.85 bits per heavy atom. The summed E-state index contributed by atoms with van der Waals surface area (Å²) in [4.78, 5) is 22.8. The number of aryl methyl sites for hydroxylation is 3. The Bertz CT molecular complexity index is 924. The summed E-state index contributed by atoms with van der Waals surface area (Å²) in [7, 11) is 0. The fourth-order valence-corrected chi connectivity index (χ4v) is 4.36. The summed E-state index contributed by atoms with van der Waals surface area (Å²) in [5.74, 6) is 0.714. The largest absolute Gasteiger partial charge is 0.490 e. The average molecular weight is 389 g/mol. The molecule has 26 heavy (non-hydrogen) atoms. The summed E-state index contributed by atoms with van der Waals surface area (Å²) in [5.41, 5.74) is 2.30. The molecular formula is C19H20N2O3S2. The zero-order valence-electron chi connectivity index (χ0n) is 14.9. The van der Waals surface area contributed by atoms with Gasteiger partial charge >= 0.3 is 5.97 Å². The molecule has 0 aliphatic rings. The molecule has 2 heterocycles. The van der Waals surface area contributed by atoms with Gasteiger partial charge in [0.05, 0.1) is 5.75 Å². The molecule has 7 heteroatoms. The number of hydrogen-bond acceptors (Lipinski definition) is 7. The van der Waals surface area contributed by atoms with E-state index in [2.05, 4.69) is 23.8 Å². The van der Waals surface area contributed by atoms with Crippen molar-refractivity contribution in [3.63, 3.8) is 0 Å². The van der Waals surface area contributed by atoms with Crippen LogP contribution < -0.4 is 4.74 Å². The third-order valence-electron chi connectivity index (χ3n) is 3.86. The van der Waals surface area contributed by atoms with Gasteiger partial charge in [-0.15, -0.1) is 11.3 Å². The summed E-state index contributed by atoms with van der Waals surface area (Å²) in [6, 6.07) is 7.77. The van der Waals surface area contributed by atoms with Gasteiger partial charge in [0.2, 0.25) is 0 Å². The van der Waals surface area contributed by atoms with Gasteiger partial charge in [-0.25, -0.2) is 9.97 Å². The molecule has 3 rings (SSSR count). The maximum absolute atomic E-state index is 12.0. The average Bonchev–Trinajstić information content (AvgIpc) is 2.92. The lowest BCUT2D eigenvalue weighted by Gasteiger charge is -2.08. The first-order valence-corrected chi connectivity index (χ1v) is 10.0. The van der Waals surface area contributed by atoms with E-state index in [1.54, 1.807) is 17.7 Å². The smallest absolute Gasteiger partial charge is 0.316 e. The van der Waals surface area contributed by atoms with Crippen molar-refractivity contribution < 1.29 is 14.3 Å². The van der Waals surface area contributed by atoms with Crippen LogP contribution in [0.2, 0.25) is 0 Å². The van der Waals surface area contributed by atoms with Crippen molar-refractivity contribution in [1.29, 1.82) is 0 Å². The molecule has 2 aromatic heterocycles. The van der Waals surface area contributed by atoms with Crippen LogP contribution in [0.25, 0.3) is 10.2 Å².